The van der Waals surface area contributed by atoms with E-state index in [0.29, 0.717) is 12.4 Å². The van der Waals surface area contributed by atoms with Crippen molar-refractivity contribution in [2.75, 3.05) is 13.1 Å². The van der Waals surface area contributed by atoms with Gasteiger partial charge in [0.1, 0.15) is 0 Å². The van der Waals surface area contributed by atoms with Crippen LogP contribution in [0.25, 0.3) is 0 Å². The molecule has 1 saturated heterocycles. The molecule has 2 aromatic rings. The maximum absolute atomic E-state index is 5.48. The summed E-state index contributed by atoms with van der Waals surface area (Å²) in [6.07, 6.45) is 1.15. The fraction of sp³-hybridized carbons (Fsp3) is 0.467. The predicted octanol–water partition coefficient (Wildman–Crippen LogP) is 2.11. The molecule has 1 aliphatic heterocycles. The van der Waals surface area contributed by atoms with Gasteiger partial charge >= 0.3 is 0 Å². The van der Waals surface area contributed by atoms with Gasteiger partial charge in [0.05, 0.1) is 13.1 Å². The van der Waals surface area contributed by atoms with E-state index in [1.54, 1.807) is 0 Å². The lowest BCUT2D eigenvalue weighted by Gasteiger charge is -2.25. The maximum Gasteiger partial charge on any atom is 0.240 e. The molecule has 0 bridgehead atoms. The molecule has 6 heteroatoms. The van der Waals surface area contributed by atoms with Crippen LogP contribution in [-0.2, 0) is 18.5 Å². The summed E-state index contributed by atoms with van der Waals surface area (Å²) in [5.74, 6) is 1.23. The molecule has 0 aliphatic carbocycles. The van der Waals surface area contributed by atoms with Crippen LogP contribution < -0.4 is 5.73 Å². The summed E-state index contributed by atoms with van der Waals surface area (Å²) in [5.41, 5.74) is 7.09. The summed E-state index contributed by atoms with van der Waals surface area (Å²) in [6, 6.07) is 10.7. The van der Waals surface area contributed by atoms with Crippen LogP contribution in [0.4, 0.5) is 0 Å². The number of halogens is 1. The highest BCUT2D eigenvalue weighted by Crippen LogP contribution is 2.34. The first-order valence-electron chi connectivity index (χ1n) is 6.99. The van der Waals surface area contributed by atoms with Crippen LogP contribution in [0, 0.1) is 0 Å². The van der Waals surface area contributed by atoms with Crippen LogP contribution in [0.2, 0.25) is 0 Å². The molecule has 0 saturated carbocycles. The van der Waals surface area contributed by atoms with Crippen LogP contribution in [0.15, 0.2) is 34.9 Å². The van der Waals surface area contributed by atoms with Crippen molar-refractivity contribution < 1.29 is 4.52 Å². The molecule has 5 nitrogen and oxygen atoms in total. The highest BCUT2D eigenvalue weighted by molar-refractivity contribution is 5.85. The van der Waals surface area contributed by atoms with E-state index in [-0.39, 0.29) is 17.8 Å². The molecule has 0 amide bonds. The first-order chi connectivity index (χ1) is 9.69. The molecule has 1 aliphatic rings. The van der Waals surface area contributed by atoms with Crippen LogP contribution in [0.3, 0.4) is 0 Å². The van der Waals surface area contributed by atoms with E-state index < -0.39 is 0 Å². The zero-order valence-corrected chi connectivity index (χ0v) is 13.0. The van der Waals surface area contributed by atoms with E-state index in [1.165, 1.54) is 5.56 Å². The number of hydrogen-bond acceptors (Lipinski definition) is 5. The van der Waals surface area contributed by atoms with Gasteiger partial charge in [-0.05, 0) is 18.5 Å². The Morgan fingerprint density at radius 2 is 2.10 bits per heavy atom. The molecular weight excluding hydrogens is 288 g/mol. The minimum absolute atomic E-state index is 0. The highest BCUT2D eigenvalue weighted by Gasteiger charge is 2.35. The van der Waals surface area contributed by atoms with E-state index in [2.05, 4.69) is 52.3 Å². The van der Waals surface area contributed by atoms with Crippen molar-refractivity contribution in [2.45, 2.75) is 31.8 Å². The number of nitrogens with zero attached hydrogens (tertiary/aromatic N) is 3. The molecule has 114 valence electrons. The minimum Gasteiger partial charge on any atom is -0.338 e. The van der Waals surface area contributed by atoms with Gasteiger partial charge in [-0.2, -0.15) is 4.98 Å². The van der Waals surface area contributed by atoms with E-state index in [9.17, 15) is 0 Å². The van der Waals surface area contributed by atoms with E-state index >= 15 is 0 Å². The molecule has 2 N–H and O–H groups in total. The average Bonchev–Trinajstić information content (AvgIpc) is 3.08. The molecule has 0 radical (unpaired) electrons. The van der Waals surface area contributed by atoms with Gasteiger partial charge in [-0.1, -0.05) is 42.4 Å². The SMILES string of the molecule is CC1(c2ccccc2)CCN(Cc2noc(CN)n2)C1.Cl. The number of aromatic nitrogens is 2. The minimum atomic E-state index is 0. The molecule has 1 aromatic heterocycles. The summed E-state index contributed by atoms with van der Waals surface area (Å²) in [6.45, 7) is 5.42. The first-order valence-corrected chi connectivity index (χ1v) is 6.99. The number of likely N-dealkylation sites (tertiary alicyclic amines) is 1. The van der Waals surface area contributed by atoms with Crippen molar-refractivity contribution in [1.82, 2.24) is 15.0 Å². The molecule has 3 rings (SSSR count). The summed E-state index contributed by atoms with van der Waals surface area (Å²) in [4.78, 5) is 6.64. The van der Waals surface area contributed by atoms with Gasteiger partial charge < -0.3 is 10.3 Å². The van der Waals surface area contributed by atoms with E-state index in [0.717, 1.165) is 31.9 Å². The standard InChI is InChI=1S/C15H20N4O.ClH/c1-15(12-5-3-2-4-6-12)7-8-19(11-15)10-13-17-14(9-16)20-18-13;/h2-6H,7-11,16H2,1H3;1H. The predicted molar refractivity (Wildman–Crippen MR) is 83.1 cm³/mol. The first kappa shape index (κ1) is 15.9. The van der Waals surface area contributed by atoms with Crippen molar-refractivity contribution in [3.63, 3.8) is 0 Å². The topological polar surface area (TPSA) is 68.2 Å². The zero-order chi connectivity index (χ0) is 14.0. The van der Waals surface area contributed by atoms with Gasteiger partial charge in [-0.15, -0.1) is 12.4 Å². The van der Waals surface area contributed by atoms with Gasteiger partial charge in [-0.3, -0.25) is 4.90 Å². The molecular formula is C15H21ClN4O. The molecule has 0 spiro atoms. The Kier molecular flexibility index (Phi) is 4.98. The summed E-state index contributed by atoms with van der Waals surface area (Å²) >= 11 is 0. The van der Waals surface area contributed by atoms with Crippen molar-refractivity contribution >= 4 is 12.4 Å². The summed E-state index contributed by atoms with van der Waals surface area (Å²) in [5, 5.41) is 3.96. The summed E-state index contributed by atoms with van der Waals surface area (Å²) < 4.78 is 5.05. The van der Waals surface area contributed by atoms with Gasteiger partial charge in [0.2, 0.25) is 5.89 Å². The second-order valence-corrected chi connectivity index (χ2v) is 5.70. The number of benzene rings is 1. The van der Waals surface area contributed by atoms with Crippen molar-refractivity contribution in [3.05, 3.63) is 47.6 Å². The van der Waals surface area contributed by atoms with Crippen molar-refractivity contribution in [3.8, 4) is 0 Å². The van der Waals surface area contributed by atoms with Crippen molar-refractivity contribution in [1.29, 1.82) is 0 Å². The lowest BCUT2D eigenvalue weighted by atomic mass is 9.82. The third-order valence-corrected chi connectivity index (χ3v) is 4.07. The van der Waals surface area contributed by atoms with Crippen molar-refractivity contribution in [2.24, 2.45) is 5.73 Å². The van der Waals surface area contributed by atoms with E-state index in [1.807, 2.05) is 0 Å². The third kappa shape index (κ3) is 3.43. The number of rotatable bonds is 4. The molecule has 21 heavy (non-hydrogen) atoms. The molecule has 1 fully saturated rings. The normalized spacial score (nSPS) is 22.2. The van der Waals surface area contributed by atoms with Crippen LogP contribution in [0.1, 0.15) is 30.6 Å². The largest absolute Gasteiger partial charge is 0.338 e. The molecule has 1 unspecified atom stereocenters. The Hall–Kier alpha value is -1.43. The Morgan fingerprint density at radius 3 is 2.76 bits per heavy atom. The highest BCUT2D eigenvalue weighted by atomic mass is 35.5. The average molecular weight is 309 g/mol. The van der Waals surface area contributed by atoms with Crippen LogP contribution >= 0.6 is 12.4 Å². The zero-order valence-electron chi connectivity index (χ0n) is 12.2. The Morgan fingerprint density at radius 1 is 1.33 bits per heavy atom. The lowest BCUT2D eigenvalue weighted by molar-refractivity contribution is 0.292. The fourth-order valence-electron chi connectivity index (χ4n) is 2.90. The third-order valence-electron chi connectivity index (χ3n) is 4.07. The quantitative estimate of drug-likeness (QED) is 0.937. The summed E-state index contributed by atoms with van der Waals surface area (Å²) in [7, 11) is 0. The Bertz CT molecular complexity index is 574. The monoisotopic (exact) mass is 308 g/mol. The lowest BCUT2D eigenvalue weighted by Crippen LogP contribution is -2.28. The second kappa shape index (κ2) is 6.56. The maximum atomic E-state index is 5.48. The van der Waals surface area contributed by atoms with Crippen LogP contribution in [-0.4, -0.2) is 28.1 Å². The number of hydrogen-bond donors (Lipinski definition) is 1. The Labute approximate surface area is 130 Å². The smallest absolute Gasteiger partial charge is 0.240 e. The molecule has 2 heterocycles. The van der Waals surface area contributed by atoms with E-state index in [4.69, 9.17) is 10.3 Å². The van der Waals surface area contributed by atoms with Gasteiger partial charge in [0, 0.05) is 12.0 Å². The molecule has 1 atom stereocenters. The van der Waals surface area contributed by atoms with Gasteiger partial charge in [0.15, 0.2) is 5.82 Å². The number of nitrogens with two attached hydrogens (primary N) is 1. The molecule has 1 aromatic carbocycles. The second-order valence-electron chi connectivity index (χ2n) is 5.70. The fourth-order valence-corrected chi connectivity index (χ4v) is 2.90. The van der Waals surface area contributed by atoms with Gasteiger partial charge in [-0.25, -0.2) is 0 Å². The van der Waals surface area contributed by atoms with Gasteiger partial charge in [0.25, 0.3) is 0 Å². The van der Waals surface area contributed by atoms with Crippen LogP contribution in [0.5, 0.6) is 0 Å². The Balaban J connectivity index is 0.00000161.